The van der Waals surface area contributed by atoms with Gasteiger partial charge in [-0.2, -0.15) is 5.10 Å². The molecule has 0 fully saturated rings. The van der Waals surface area contributed by atoms with Gasteiger partial charge in [-0.15, -0.1) is 0 Å². The van der Waals surface area contributed by atoms with Gasteiger partial charge in [0.1, 0.15) is 12.4 Å². The fraction of sp³-hybridized carbons (Fsp3) is 0.214. The number of benzene rings is 1. The molecule has 1 aromatic carbocycles. The van der Waals surface area contributed by atoms with Gasteiger partial charge in [0.25, 0.3) is 0 Å². The van der Waals surface area contributed by atoms with Crippen LogP contribution in [0.1, 0.15) is 11.4 Å². The van der Waals surface area contributed by atoms with Gasteiger partial charge in [-0.1, -0.05) is 23.7 Å². The van der Waals surface area contributed by atoms with Crippen LogP contribution < -0.4 is 5.73 Å². The van der Waals surface area contributed by atoms with Gasteiger partial charge in [-0.05, 0) is 17.7 Å². The summed E-state index contributed by atoms with van der Waals surface area (Å²) in [5.74, 6) is 0.945. The number of nitrogen functional groups attached to an aromatic ring is 1. The first-order chi connectivity index (χ1) is 10.1. The van der Waals surface area contributed by atoms with E-state index in [1.165, 1.54) is 0 Å². The molecule has 0 radical (unpaired) electrons. The summed E-state index contributed by atoms with van der Waals surface area (Å²) in [6.07, 6.45) is 1.65. The monoisotopic (exact) mass is 303 g/mol. The average molecular weight is 304 g/mol. The summed E-state index contributed by atoms with van der Waals surface area (Å²) in [6, 6.07) is 7.52. The van der Waals surface area contributed by atoms with Gasteiger partial charge >= 0.3 is 0 Å². The zero-order valence-electron chi connectivity index (χ0n) is 11.5. The first kappa shape index (κ1) is 13.8. The number of fused-ring (bicyclic) bond motifs is 1. The number of aromatic nitrogens is 4. The summed E-state index contributed by atoms with van der Waals surface area (Å²) in [7, 11) is 1.81. The van der Waals surface area contributed by atoms with Crippen molar-refractivity contribution in [2.75, 3.05) is 5.73 Å². The third-order valence-corrected chi connectivity index (χ3v) is 3.29. The number of hydrogen-bond acceptors (Lipinski definition) is 5. The molecule has 0 spiro atoms. The van der Waals surface area contributed by atoms with Gasteiger partial charge in [0.05, 0.1) is 18.2 Å². The first-order valence-corrected chi connectivity index (χ1v) is 6.77. The number of nitrogens with two attached hydrogens (primary N) is 1. The Morgan fingerprint density at radius 2 is 2.14 bits per heavy atom. The standard InChI is InChI=1S/C14H14ClN5O/c1-20-14-11(6-17-20)13(16)18-12(19-14)8-21-7-9-3-2-4-10(15)5-9/h2-6H,7-8H2,1H3,(H2,16,18,19). The molecular formula is C14H14ClN5O. The van der Waals surface area contributed by atoms with Crippen molar-refractivity contribution in [3.8, 4) is 0 Å². The van der Waals surface area contributed by atoms with E-state index in [-0.39, 0.29) is 6.61 Å². The van der Waals surface area contributed by atoms with Crippen LogP contribution in [-0.2, 0) is 25.0 Å². The molecule has 0 bridgehead atoms. The zero-order chi connectivity index (χ0) is 14.8. The Morgan fingerprint density at radius 3 is 2.95 bits per heavy atom. The van der Waals surface area contributed by atoms with Crippen molar-refractivity contribution in [1.82, 2.24) is 19.7 Å². The summed E-state index contributed by atoms with van der Waals surface area (Å²) >= 11 is 5.93. The van der Waals surface area contributed by atoms with Gasteiger partial charge in [-0.3, -0.25) is 4.68 Å². The van der Waals surface area contributed by atoms with E-state index < -0.39 is 0 Å². The highest BCUT2D eigenvalue weighted by molar-refractivity contribution is 6.30. The van der Waals surface area contributed by atoms with Gasteiger partial charge < -0.3 is 10.5 Å². The van der Waals surface area contributed by atoms with Crippen LogP contribution >= 0.6 is 11.6 Å². The zero-order valence-corrected chi connectivity index (χ0v) is 12.2. The second-order valence-corrected chi connectivity index (χ2v) is 5.09. The first-order valence-electron chi connectivity index (χ1n) is 6.40. The van der Waals surface area contributed by atoms with Crippen LogP contribution in [0.2, 0.25) is 5.02 Å². The molecule has 0 atom stereocenters. The number of halogens is 1. The van der Waals surface area contributed by atoms with E-state index in [0.29, 0.717) is 28.9 Å². The van der Waals surface area contributed by atoms with E-state index >= 15 is 0 Å². The maximum Gasteiger partial charge on any atom is 0.163 e. The Hall–Kier alpha value is -2.18. The minimum Gasteiger partial charge on any atom is -0.383 e. The Balaban J connectivity index is 1.72. The molecule has 108 valence electrons. The van der Waals surface area contributed by atoms with E-state index in [0.717, 1.165) is 10.9 Å². The average Bonchev–Trinajstić information content (AvgIpc) is 2.81. The van der Waals surface area contributed by atoms with E-state index in [9.17, 15) is 0 Å². The lowest BCUT2D eigenvalue weighted by atomic mass is 10.2. The third-order valence-electron chi connectivity index (χ3n) is 3.06. The Bertz CT molecular complexity index is 786. The molecule has 0 amide bonds. The number of anilines is 1. The van der Waals surface area contributed by atoms with E-state index in [1.54, 1.807) is 10.9 Å². The van der Waals surface area contributed by atoms with Crippen molar-refractivity contribution in [3.63, 3.8) is 0 Å². The molecular weight excluding hydrogens is 290 g/mol. The molecule has 0 saturated heterocycles. The molecule has 0 aliphatic rings. The topological polar surface area (TPSA) is 78.9 Å². The van der Waals surface area contributed by atoms with Gasteiger partial charge in [-0.25, -0.2) is 9.97 Å². The molecule has 7 heteroatoms. The predicted molar refractivity (Wildman–Crippen MR) is 80.7 cm³/mol. The number of rotatable bonds is 4. The predicted octanol–water partition coefficient (Wildman–Crippen LogP) is 2.32. The summed E-state index contributed by atoms with van der Waals surface area (Å²) in [5, 5.41) is 5.55. The largest absolute Gasteiger partial charge is 0.383 e. The minimum absolute atomic E-state index is 0.276. The molecule has 3 aromatic rings. The summed E-state index contributed by atoms with van der Waals surface area (Å²) < 4.78 is 7.27. The second-order valence-electron chi connectivity index (χ2n) is 4.65. The summed E-state index contributed by atoms with van der Waals surface area (Å²) in [4.78, 5) is 8.63. The molecule has 0 unspecified atom stereocenters. The molecule has 3 rings (SSSR count). The highest BCUT2D eigenvalue weighted by atomic mass is 35.5. The molecule has 0 aliphatic carbocycles. The molecule has 6 nitrogen and oxygen atoms in total. The normalized spacial score (nSPS) is 11.1. The van der Waals surface area contributed by atoms with E-state index in [4.69, 9.17) is 22.1 Å². The smallest absolute Gasteiger partial charge is 0.163 e. The van der Waals surface area contributed by atoms with Crippen LogP contribution in [0.25, 0.3) is 11.0 Å². The SMILES string of the molecule is Cn1ncc2c(N)nc(COCc3cccc(Cl)c3)nc21. The van der Waals surface area contributed by atoms with Crippen LogP contribution in [-0.4, -0.2) is 19.7 Å². The van der Waals surface area contributed by atoms with Gasteiger partial charge in [0.15, 0.2) is 11.5 Å². The Morgan fingerprint density at radius 1 is 1.29 bits per heavy atom. The number of nitrogens with zero attached hydrogens (tertiary/aromatic N) is 4. The second kappa shape index (κ2) is 5.67. The maximum atomic E-state index is 5.93. The fourth-order valence-electron chi connectivity index (χ4n) is 2.04. The molecule has 21 heavy (non-hydrogen) atoms. The highest BCUT2D eigenvalue weighted by Gasteiger charge is 2.09. The van der Waals surface area contributed by atoms with Gasteiger partial charge in [0, 0.05) is 12.1 Å². The van der Waals surface area contributed by atoms with Crippen molar-refractivity contribution in [1.29, 1.82) is 0 Å². The van der Waals surface area contributed by atoms with Crippen LogP contribution in [0.15, 0.2) is 30.5 Å². The highest BCUT2D eigenvalue weighted by Crippen LogP contribution is 2.17. The molecule has 2 N–H and O–H groups in total. The lowest BCUT2D eigenvalue weighted by Gasteiger charge is -2.05. The summed E-state index contributed by atoms with van der Waals surface area (Å²) in [5.41, 5.74) is 7.59. The van der Waals surface area contributed by atoms with Crippen molar-refractivity contribution in [2.45, 2.75) is 13.2 Å². The number of aryl methyl sites for hydroxylation is 1. The van der Waals surface area contributed by atoms with Crippen molar-refractivity contribution in [2.24, 2.45) is 7.05 Å². The molecule has 2 heterocycles. The minimum atomic E-state index is 0.276. The quantitative estimate of drug-likeness (QED) is 0.800. The number of ether oxygens (including phenoxy) is 1. The molecule has 2 aromatic heterocycles. The third kappa shape index (κ3) is 2.96. The van der Waals surface area contributed by atoms with Crippen LogP contribution in [0, 0.1) is 0 Å². The van der Waals surface area contributed by atoms with Crippen LogP contribution in [0.3, 0.4) is 0 Å². The molecule has 0 saturated carbocycles. The summed E-state index contributed by atoms with van der Waals surface area (Å²) in [6.45, 7) is 0.713. The van der Waals surface area contributed by atoms with Gasteiger partial charge in [0.2, 0.25) is 0 Å². The number of hydrogen-bond donors (Lipinski definition) is 1. The van der Waals surface area contributed by atoms with Crippen LogP contribution in [0.5, 0.6) is 0 Å². The van der Waals surface area contributed by atoms with E-state index in [2.05, 4.69) is 15.1 Å². The van der Waals surface area contributed by atoms with Crippen molar-refractivity contribution < 1.29 is 4.74 Å². The van der Waals surface area contributed by atoms with Crippen LogP contribution in [0.4, 0.5) is 5.82 Å². The Labute approximate surface area is 126 Å². The fourth-order valence-corrected chi connectivity index (χ4v) is 2.26. The maximum absolute atomic E-state index is 5.93. The Kier molecular flexibility index (Phi) is 3.72. The van der Waals surface area contributed by atoms with Crippen molar-refractivity contribution in [3.05, 3.63) is 46.9 Å². The van der Waals surface area contributed by atoms with E-state index in [1.807, 2.05) is 31.3 Å². The molecule has 0 aliphatic heterocycles. The lowest BCUT2D eigenvalue weighted by Crippen LogP contribution is -2.04. The van der Waals surface area contributed by atoms with Crippen molar-refractivity contribution >= 4 is 28.5 Å². The lowest BCUT2D eigenvalue weighted by molar-refractivity contribution is 0.102.